The quantitative estimate of drug-likeness (QED) is 0.602. The normalized spacial score (nSPS) is 24.0. The first-order valence-corrected chi connectivity index (χ1v) is 11.7. The third-order valence-corrected chi connectivity index (χ3v) is 7.54. The summed E-state index contributed by atoms with van der Waals surface area (Å²) in [5.41, 5.74) is 0.971. The van der Waals surface area contributed by atoms with Crippen LogP contribution in [0.4, 0.5) is 0 Å². The number of fused-ring (bicyclic) bond motifs is 4. The van der Waals surface area contributed by atoms with Gasteiger partial charge in [0.1, 0.15) is 11.6 Å². The van der Waals surface area contributed by atoms with E-state index in [0.29, 0.717) is 30.1 Å². The molecule has 1 saturated heterocycles. The van der Waals surface area contributed by atoms with Gasteiger partial charge in [0.15, 0.2) is 0 Å². The van der Waals surface area contributed by atoms with Crippen molar-refractivity contribution in [1.29, 1.82) is 0 Å². The van der Waals surface area contributed by atoms with Crippen molar-refractivity contribution in [3.05, 3.63) is 69.2 Å². The number of aryl methyl sites for hydroxylation is 1. The second-order valence-corrected chi connectivity index (χ2v) is 10.4. The van der Waals surface area contributed by atoms with Gasteiger partial charge in [0.25, 0.3) is 5.91 Å². The molecule has 4 rings (SSSR count). The first-order valence-electron chi connectivity index (χ1n) is 11.3. The zero-order valence-electron chi connectivity index (χ0n) is 19.7. The van der Waals surface area contributed by atoms with Crippen molar-refractivity contribution in [3.63, 3.8) is 0 Å². The maximum absolute atomic E-state index is 13.6. The van der Waals surface area contributed by atoms with Gasteiger partial charge in [-0.3, -0.25) is 9.59 Å². The number of rotatable bonds is 5. The number of carbonyl (C=O) groups excluding carboxylic acids is 2. The molecule has 7 nitrogen and oxygen atoms in total. The molecule has 3 atom stereocenters. The summed E-state index contributed by atoms with van der Waals surface area (Å²) in [7, 11) is 0. The zero-order chi connectivity index (χ0) is 25.0. The van der Waals surface area contributed by atoms with E-state index in [0.717, 1.165) is 11.1 Å². The van der Waals surface area contributed by atoms with E-state index in [1.807, 2.05) is 32.9 Å². The fourth-order valence-corrected chi connectivity index (χ4v) is 5.51. The number of nitrogens with zero attached hydrogens (tertiary/aromatic N) is 1. The van der Waals surface area contributed by atoms with Gasteiger partial charge < -0.3 is 20.4 Å². The maximum Gasteiger partial charge on any atom is 0.335 e. The van der Waals surface area contributed by atoms with E-state index in [1.54, 1.807) is 24.0 Å². The molecule has 3 N–H and O–H groups in total. The number of hydrogen-bond donors (Lipinski definition) is 3. The third kappa shape index (κ3) is 3.77. The van der Waals surface area contributed by atoms with Gasteiger partial charge in [-0.05, 0) is 66.3 Å². The summed E-state index contributed by atoms with van der Waals surface area (Å²) in [5.74, 6) is -2.05. The summed E-state index contributed by atoms with van der Waals surface area (Å²) in [5, 5.41) is 24.1. The SMILES string of the molecule is Cc1cc(C(=O)O)cc(C(=O)N[C@@H](C(=O)N2CC[C@]3(O)c4ccc(Cl)cc4C3(C)C2)C(C)C)c1. The van der Waals surface area contributed by atoms with Crippen LogP contribution in [0, 0.1) is 12.8 Å². The van der Waals surface area contributed by atoms with Gasteiger partial charge in [0.05, 0.1) is 5.56 Å². The molecule has 0 radical (unpaired) electrons. The highest BCUT2D eigenvalue weighted by Gasteiger charge is 2.62. The Hall–Kier alpha value is -2.90. The van der Waals surface area contributed by atoms with E-state index < -0.39 is 28.9 Å². The molecular weight excluding hydrogens is 456 g/mol. The van der Waals surface area contributed by atoms with Crippen LogP contribution in [0.2, 0.25) is 5.02 Å². The van der Waals surface area contributed by atoms with Crippen LogP contribution in [0.3, 0.4) is 0 Å². The number of amides is 2. The lowest BCUT2D eigenvalue weighted by atomic mass is 9.51. The zero-order valence-corrected chi connectivity index (χ0v) is 20.4. The fourth-order valence-electron chi connectivity index (χ4n) is 5.34. The number of hydrogen-bond acceptors (Lipinski definition) is 4. The highest BCUT2D eigenvalue weighted by atomic mass is 35.5. The number of carbonyl (C=O) groups is 3. The van der Waals surface area contributed by atoms with Crippen LogP contribution in [0.1, 0.15) is 64.6 Å². The van der Waals surface area contributed by atoms with E-state index in [9.17, 15) is 24.6 Å². The average molecular weight is 485 g/mol. The molecule has 1 fully saturated rings. The first-order chi connectivity index (χ1) is 15.9. The number of carboxylic acids is 1. The summed E-state index contributed by atoms with van der Waals surface area (Å²) in [6, 6.07) is 9.06. The molecule has 34 heavy (non-hydrogen) atoms. The largest absolute Gasteiger partial charge is 0.478 e. The van der Waals surface area contributed by atoms with Crippen LogP contribution in [-0.4, -0.2) is 52.0 Å². The predicted molar refractivity (Wildman–Crippen MR) is 128 cm³/mol. The smallest absolute Gasteiger partial charge is 0.335 e. The molecule has 0 saturated carbocycles. The molecular formula is C26H29ClN2O5. The number of piperidine rings is 1. The Morgan fingerprint density at radius 2 is 1.76 bits per heavy atom. The van der Waals surface area contributed by atoms with Crippen LogP contribution in [0.5, 0.6) is 0 Å². The van der Waals surface area contributed by atoms with Gasteiger partial charge in [-0.1, -0.05) is 38.4 Å². The minimum atomic E-state index is -1.12. The Morgan fingerprint density at radius 1 is 1.09 bits per heavy atom. The molecule has 2 aromatic carbocycles. The van der Waals surface area contributed by atoms with Crippen LogP contribution >= 0.6 is 11.6 Å². The van der Waals surface area contributed by atoms with Crippen molar-refractivity contribution in [2.45, 2.75) is 51.2 Å². The van der Waals surface area contributed by atoms with Gasteiger partial charge >= 0.3 is 5.97 Å². The number of halogens is 1. The Bertz CT molecular complexity index is 1200. The summed E-state index contributed by atoms with van der Waals surface area (Å²) >= 11 is 6.19. The number of aliphatic hydroxyl groups is 1. The number of likely N-dealkylation sites (tertiary alicyclic amines) is 1. The maximum atomic E-state index is 13.6. The van der Waals surface area contributed by atoms with E-state index in [2.05, 4.69) is 5.32 Å². The van der Waals surface area contributed by atoms with E-state index >= 15 is 0 Å². The van der Waals surface area contributed by atoms with Crippen molar-refractivity contribution in [2.75, 3.05) is 13.1 Å². The predicted octanol–water partition coefficient (Wildman–Crippen LogP) is 3.49. The van der Waals surface area contributed by atoms with Crippen LogP contribution in [-0.2, 0) is 15.8 Å². The molecule has 2 amide bonds. The van der Waals surface area contributed by atoms with Gasteiger partial charge in [-0.25, -0.2) is 4.79 Å². The molecule has 180 valence electrons. The molecule has 1 aliphatic carbocycles. The Balaban J connectivity index is 1.56. The lowest BCUT2D eigenvalue weighted by molar-refractivity contribution is -0.153. The molecule has 0 bridgehead atoms. The van der Waals surface area contributed by atoms with Gasteiger partial charge in [-0.15, -0.1) is 0 Å². The second-order valence-electron chi connectivity index (χ2n) is 9.98. The lowest BCUT2D eigenvalue weighted by Crippen LogP contribution is -2.68. The van der Waals surface area contributed by atoms with Crippen molar-refractivity contribution in [1.82, 2.24) is 10.2 Å². The lowest BCUT2D eigenvalue weighted by Gasteiger charge is -2.61. The third-order valence-electron chi connectivity index (χ3n) is 7.30. The van der Waals surface area contributed by atoms with Crippen molar-refractivity contribution in [2.24, 2.45) is 5.92 Å². The Morgan fingerprint density at radius 3 is 2.41 bits per heavy atom. The highest BCUT2D eigenvalue weighted by Crippen LogP contribution is 2.59. The number of carboxylic acid groups (broad SMARTS) is 1. The summed E-state index contributed by atoms with van der Waals surface area (Å²) in [6.07, 6.45) is 0.391. The topological polar surface area (TPSA) is 107 Å². The summed E-state index contributed by atoms with van der Waals surface area (Å²) < 4.78 is 0. The average Bonchev–Trinajstić information content (AvgIpc) is 2.77. The Labute approximate surface area is 203 Å². The van der Waals surface area contributed by atoms with Gasteiger partial charge in [0, 0.05) is 29.1 Å². The molecule has 0 aromatic heterocycles. The Kier molecular flexibility index (Phi) is 5.98. The van der Waals surface area contributed by atoms with Gasteiger partial charge in [0.2, 0.25) is 5.91 Å². The minimum Gasteiger partial charge on any atom is -0.478 e. The summed E-state index contributed by atoms with van der Waals surface area (Å²) in [4.78, 5) is 39.6. The summed E-state index contributed by atoms with van der Waals surface area (Å²) in [6.45, 7) is 8.02. The van der Waals surface area contributed by atoms with Gasteiger partial charge in [-0.2, -0.15) is 0 Å². The van der Waals surface area contributed by atoms with E-state index in [-0.39, 0.29) is 23.0 Å². The molecule has 2 aliphatic rings. The molecule has 1 heterocycles. The second kappa shape index (κ2) is 8.40. The molecule has 0 spiro atoms. The number of aromatic carboxylic acids is 1. The van der Waals surface area contributed by atoms with Crippen molar-refractivity contribution < 1.29 is 24.6 Å². The molecule has 1 unspecified atom stereocenters. The van der Waals surface area contributed by atoms with Crippen LogP contribution in [0.25, 0.3) is 0 Å². The minimum absolute atomic E-state index is 0.0168. The van der Waals surface area contributed by atoms with E-state index in [4.69, 9.17) is 11.6 Å². The first kappa shape index (κ1) is 24.2. The molecule has 2 aromatic rings. The molecule has 8 heteroatoms. The van der Waals surface area contributed by atoms with Crippen LogP contribution in [0.15, 0.2) is 36.4 Å². The number of nitrogens with one attached hydrogen (secondary N) is 1. The monoisotopic (exact) mass is 484 g/mol. The number of benzene rings is 2. The fraction of sp³-hybridized carbons (Fsp3) is 0.423. The molecule has 1 aliphatic heterocycles. The standard InChI is InChI=1S/C26H29ClN2O5/c1-14(2)21(28-22(30)16-9-15(3)10-17(11-16)24(32)33)23(31)29-8-7-26(34)19-6-5-18(27)12-20(19)25(26,4)13-29/h5-6,9-12,14,21,34H,7-8,13H2,1-4H3,(H,28,30)(H,32,33)/t21-,25?,26+/m1/s1. The van der Waals surface area contributed by atoms with Crippen molar-refractivity contribution in [3.8, 4) is 0 Å². The van der Waals surface area contributed by atoms with Crippen LogP contribution < -0.4 is 5.32 Å². The van der Waals surface area contributed by atoms with Crippen molar-refractivity contribution >= 4 is 29.4 Å². The van der Waals surface area contributed by atoms with E-state index in [1.165, 1.54) is 12.1 Å². The highest BCUT2D eigenvalue weighted by molar-refractivity contribution is 6.30.